The predicted octanol–water partition coefficient (Wildman–Crippen LogP) is 1.42. The quantitative estimate of drug-likeness (QED) is 0.623. The summed E-state index contributed by atoms with van der Waals surface area (Å²) in [4.78, 5) is 4.37. The minimum absolute atomic E-state index is 0.265. The Morgan fingerprint density at radius 2 is 2.33 bits per heavy atom. The van der Waals surface area contributed by atoms with Crippen molar-refractivity contribution >= 4 is 0 Å². The summed E-state index contributed by atoms with van der Waals surface area (Å²) in [6, 6.07) is 4.38. The normalized spacial score (nSPS) is 28.9. The van der Waals surface area contributed by atoms with Gasteiger partial charge in [0.2, 0.25) is 0 Å². The number of rotatable bonds is 0. The van der Waals surface area contributed by atoms with E-state index in [1.807, 2.05) is 12.3 Å². The van der Waals surface area contributed by atoms with E-state index < -0.39 is 0 Å². The monoisotopic (exact) mass is 160 g/mol. The van der Waals surface area contributed by atoms with Gasteiger partial charge >= 0.3 is 0 Å². The summed E-state index contributed by atoms with van der Waals surface area (Å²) in [5, 5.41) is 0. The van der Waals surface area contributed by atoms with Crippen LogP contribution in [-0.2, 0) is 6.42 Å². The largest absolute Gasteiger partial charge is 0.323 e. The van der Waals surface area contributed by atoms with Crippen LogP contribution in [-0.4, -0.2) is 4.98 Å². The number of hydrogen-bond acceptors (Lipinski definition) is 2. The van der Waals surface area contributed by atoms with E-state index in [2.05, 4.69) is 11.1 Å². The molecule has 1 aromatic rings. The van der Waals surface area contributed by atoms with Crippen LogP contribution in [0.2, 0.25) is 0 Å². The molecule has 12 heavy (non-hydrogen) atoms. The summed E-state index contributed by atoms with van der Waals surface area (Å²) in [7, 11) is 0. The Morgan fingerprint density at radius 1 is 1.50 bits per heavy atom. The summed E-state index contributed by atoms with van der Waals surface area (Å²) in [6.07, 6.45) is 5.58. The molecule has 1 aromatic heterocycles. The molecule has 0 radical (unpaired) electrons. The van der Waals surface area contributed by atoms with Crippen molar-refractivity contribution in [3.63, 3.8) is 0 Å². The summed E-state index contributed by atoms with van der Waals surface area (Å²) < 4.78 is 0. The Bertz CT molecular complexity index is 328. The maximum absolute atomic E-state index is 6.15. The van der Waals surface area contributed by atoms with Gasteiger partial charge in [-0.1, -0.05) is 6.07 Å². The topological polar surface area (TPSA) is 38.9 Å². The lowest BCUT2D eigenvalue weighted by atomic mass is 9.99. The van der Waals surface area contributed by atoms with Gasteiger partial charge < -0.3 is 5.73 Å². The van der Waals surface area contributed by atoms with Crippen molar-refractivity contribution in [2.24, 2.45) is 11.1 Å². The van der Waals surface area contributed by atoms with Crippen molar-refractivity contribution in [3.05, 3.63) is 29.6 Å². The van der Waals surface area contributed by atoms with E-state index in [1.54, 1.807) is 0 Å². The molecule has 2 N–H and O–H groups in total. The van der Waals surface area contributed by atoms with Gasteiger partial charge in [-0.2, -0.15) is 0 Å². The molecule has 1 spiro atoms. The molecule has 2 heteroatoms. The number of hydrogen-bond donors (Lipinski definition) is 1. The highest BCUT2D eigenvalue weighted by atomic mass is 14.8. The maximum atomic E-state index is 6.15. The number of aromatic nitrogens is 1. The first-order valence-corrected chi connectivity index (χ1v) is 4.51. The second kappa shape index (κ2) is 1.88. The molecule has 0 saturated heterocycles. The third-order valence-corrected chi connectivity index (χ3v) is 3.33. The number of nitrogens with zero attached hydrogens (tertiary/aromatic N) is 1. The first-order chi connectivity index (χ1) is 5.82. The number of pyridine rings is 1. The van der Waals surface area contributed by atoms with Gasteiger partial charge in [-0.3, -0.25) is 4.98 Å². The van der Waals surface area contributed by atoms with Crippen LogP contribution in [0.3, 0.4) is 0 Å². The van der Waals surface area contributed by atoms with Crippen LogP contribution in [0.1, 0.15) is 30.1 Å². The van der Waals surface area contributed by atoms with Crippen LogP contribution >= 0.6 is 0 Å². The predicted molar refractivity (Wildman–Crippen MR) is 46.5 cm³/mol. The molecule has 2 aliphatic carbocycles. The summed E-state index contributed by atoms with van der Waals surface area (Å²) in [5.41, 5.74) is 9.10. The Labute approximate surface area is 71.8 Å². The van der Waals surface area contributed by atoms with Crippen molar-refractivity contribution in [1.29, 1.82) is 0 Å². The summed E-state index contributed by atoms with van der Waals surface area (Å²) in [6.45, 7) is 0. The van der Waals surface area contributed by atoms with Crippen molar-refractivity contribution in [2.45, 2.75) is 25.3 Å². The van der Waals surface area contributed by atoms with Crippen molar-refractivity contribution < 1.29 is 0 Å². The third kappa shape index (κ3) is 0.661. The zero-order chi connectivity index (χ0) is 8.18. The highest BCUT2D eigenvalue weighted by Crippen LogP contribution is 2.60. The first-order valence-electron chi connectivity index (χ1n) is 4.51. The number of fused-ring (bicyclic) bond motifs is 1. The van der Waals surface area contributed by atoms with E-state index in [1.165, 1.54) is 24.1 Å². The zero-order valence-corrected chi connectivity index (χ0v) is 6.96. The van der Waals surface area contributed by atoms with Crippen molar-refractivity contribution in [1.82, 2.24) is 4.98 Å². The minimum atomic E-state index is 0.265. The molecule has 62 valence electrons. The zero-order valence-electron chi connectivity index (χ0n) is 6.96. The molecule has 1 unspecified atom stereocenters. The second-order valence-electron chi connectivity index (χ2n) is 4.06. The van der Waals surface area contributed by atoms with Gasteiger partial charge in [-0.15, -0.1) is 0 Å². The van der Waals surface area contributed by atoms with Gasteiger partial charge in [0, 0.05) is 17.9 Å². The van der Waals surface area contributed by atoms with E-state index >= 15 is 0 Å². The molecule has 0 bridgehead atoms. The van der Waals surface area contributed by atoms with Crippen molar-refractivity contribution in [3.8, 4) is 0 Å². The molecule has 1 heterocycles. The molecule has 1 saturated carbocycles. The molecular formula is C10H12N2. The lowest BCUT2D eigenvalue weighted by Crippen LogP contribution is -2.17. The smallest absolute Gasteiger partial charge is 0.0457 e. The van der Waals surface area contributed by atoms with E-state index in [0.717, 1.165) is 6.42 Å². The second-order valence-corrected chi connectivity index (χ2v) is 4.06. The van der Waals surface area contributed by atoms with Crippen LogP contribution < -0.4 is 5.73 Å². The van der Waals surface area contributed by atoms with Gasteiger partial charge in [-0.05, 0) is 36.3 Å². The van der Waals surface area contributed by atoms with E-state index in [4.69, 9.17) is 5.73 Å². The van der Waals surface area contributed by atoms with E-state index in [-0.39, 0.29) is 6.04 Å². The molecule has 2 nitrogen and oxygen atoms in total. The molecule has 2 aliphatic rings. The highest BCUT2D eigenvalue weighted by molar-refractivity contribution is 5.35. The fraction of sp³-hybridized carbons (Fsp3) is 0.500. The SMILES string of the molecule is NC1c2cccnc2CC12CC2. The van der Waals surface area contributed by atoms with E-state index in [0.29, 0.717) is 5.41 Å². The lowest BCUT2D eigenvalue weighted by Gasteiger charge is -2.12. The van der Waals surface area contributed by atoms with E-state index in [9.17, 15) is 0 Å². The molecule has 1 atom stereocenters. The Balaban J connectivity index is 2.13. The van der Waals surface area contributed by atoms with Crippen LogP contribution in [0.4, 0.5) is 0 Å². The van der Waals surface area contributed by atoms with Crippen LogP contribution in [0.5, 0.6) is 0 Å². The molecule has 1 fully saturated rings. The summed E-state index contributed by atoms with van der Waals surface area (Å²) >= 11 is 0. The molecular weight excluding hydrogens is 148 g/mol. The molecule has 3 rings (SSSR count). The Hall–Kier alpha value is -0.890. The van der Waals surface area contributed by atoms with Gasteiger partial charge in [-0.25, -0.2) is 0 Å². The summed E-state index contributed by atoms with van der Waals surface area (Å²) in [5.74, 6) is 0. The molecule has 0 aliphatic heterocycles. The Kier molecular flexibility index (Phi) is 1.04. The minimum Gasteiger partial charge on any atom is -0.323 e. The Morgan fingerprint density at radius 3 is 3.00 bits per heavy atom. The fourth-order valence-corrected chi connectivity index (χ4v) is 2.30. The van der Waals surface area contributed by atoms with Gasteiger partial charge in [0.1, 0.15) is 0 Å². The molecule has 0 aromatic carbocycles. The lowest BCUT2D eigenvalue weighted by molar-refractivity contribution is 0.445. The van der Waals surface area contributed by atoms with Gasteiger partial charge in [0.05, 0.1) is 0 Å². The highest BCUT2D eigenvalue weighted by Gasteiger charge is 2.53. The van der Waals surface area contributed by atoms with Gasteiger partial charge in [0.25, 0.3) is 0 Å². The van der Waals surface area contributed by atoms with Crippen LogP contribution in [0.25, 0.3) is 0 Å². The average Bonchev–Trinajstić information content (AvgIpc) is 2.79. The third-order valence-electron chi connectivity index (χ3n) is 3.33. The fourth-order valence-electron chi connectivity index (χ4n) is 2.30. The maximum Gasteiger partial charge on any atom is 0.0457 e. The first kappa shape index (κ1) is 6.61. The average molecular weight is 160 g/mol. The van der Waals surface area contributed by atoms with Crippen LogP contribution in [0.15, 0.2) is 18.3 Å². The standard InChI is InChI=1S/C10H12N2/c11-9-7-2-1-5-12-8(7)6-10(9)3-4-10/h1-2,5,9H,3-4,6,11H2. The number of nitrogens with two attached hydrogens (primary N) is 1. The molecule has 0 amide bonds. The van der Waals surface area contributed by atoms with Crippen LogP contribution in [0, 0.1) is 5.41 Å². The van der Waals surface area contributed by atoms with Gasteiger partial charge in [0.15, 0.2) is 0 Å². The van der Waals surface area contributed by atoms with Crippen molar-refractivity contribution in [2.75, 3.05) is 0 Å².